The second-order valence-electron chi connectivity index (χ2n) is 2.36. The van der Waals surface area contributed by atoms with Crippen molar-refractivity contribution in [2.24, 2.45) is 0 Å². The number of hydrogen-bond donors (Lipinski definition) is 0. The van der Waals surface area contributed by atoms with E-state index in [0.29, 0.717) is 13.2 Å². The Balaban J connectivity index is 2.49. The summed E-state index contributed by atoms with van der Waals surface area (Å²) in [6.45, 7) is 4.60. The van der Waals surface area contributed by atoms with Gasteiger partial charge in [-0.3, -0.25) is 0 Å². The van der Waals surface area contributed by atoms with Crippen LogP contribution in [0.5, 0.6) is 0 Å². The van der Waals surface area contributed by atoms with Gasteiger partial charge in [-0.1, -0.05) is 0 Å². The monoisotopic (exact) mass is 176 g/mol. The maximum Gasteiger partial charge on any atom is 0.348 e. The highest BCUT2D eigenvalue weighted by molar-refractivity contribution is 8.01. The van der Waals surface area contributed by atoms with Crippen LogP contribution < -0.4 is 0 Å². The van der Waals surface area contributed by atoms with E-state index in [4.69, 9.17) is 9.47 Å². The Morgan fingerprint density at radius 3 is 3.00 bits per heavy atom. The molecule has 1 rings (SSSR count). The summed E-state index contributed by atoms with van der Waals surface area (Å²) in [6.07, 6.45) is 0. The first kappa shape index (κ1) is 8.87. The highest BCUT2D eigenvalue weighted by Crippen LogP contribution is 2.33. The number of carbonyl (C=O) groups excluding carboxylic acids is 1. The van der Waals surface area contributed by atoms with Gasteiger partial charge in [0.25, 0.3) is 0 Å². The van der Waals surface area contributed by atoms with Gasteiger partial charge in [0, 0.05) is 5.75 Å². The molecular weight excluding hydrogens is 164 g/mol. The molecule has 1 atom stereocenters. The molecule has 11 heavy (non-hydrogen) atoms. The van der Waals surface area contributed by atoms with Crippen LogP contribution in [0.15, 0.2) is 0 Å². The molecule has 0 spiro atoms. The van der Waals surface area contributed by atoms with Crippen LogP contribution in [0.3, 0.4) is 0 Å². The molecule has 3 nitrogen and oxygen atoms in total. The number of thioether (sulfide) groups is 1. The first-order chi connectivity index (χ1) is 5.19. The third-order valence-electron chi connectivity index (χ3n) is 1.48. The molecule has 1 heterocycles. The van der Waals surface area contributed by atoms with Gasteiger partial charge in [-0.05, 0) is 13.8 Å². The van der Waals surface area contributed by atoms with Crippen molar-refractivity contribution in [1.29, 1.82) is 0 Å². The summed E-state index contributed by atoms with van der Waals surface area (Å²) in [4.78, 5) is 10.5. The van der Waals surface area contributed by atoms with Gasteiger partial charge in [0.15, 0.2) is 0 Å². The van der Waals surface area contributed by atoms with E-state index in [0.717, 1.165) is 5.75 Å². The lowest BCUT2D eigenvalue weighted by molar-refractivity contribution is -0.157. The molecule has 1 aliphatic heterocycles. The molecule has 64 valence electrons. The third-order valence-corrected chi connectivity index (χ3v) is 2.69. The smallest absolute Gasteiger partial charge is 0.348 e. The largest absolute Gasteiger partial charge is 0.463 e. The lowest BCUT2D eigenvalue weighted by atomic mass is 10.4. The van der Waals surface area contributed by atoms with Crippen molar-refractivity contribution >= 4 is 17.7 Å². The predicted octanol–water partition coefficient (Wildman–Crippen LogP) is 1.03. The van der Waals surface area contributed by atoms with Crippen LogP contribution in [-0.4, -0.2) is 29.9 Å². The normalized spacial score (nSPS) is 30.4. The van der Waals surface area contributed by atoms with Gasteiger partial charge in [0.1, 0.15) is 0 Å². The minimum absolute atomic E-state index is 0.262. The zero-order chi connectivity index (χ0) is 8.32. The van der Waals surface area contributed by atoms with Crippen molar-refractivity contribution in [3.05, 3.63) is 0 Å². The Bertz CT molecular complexity index is 152. The van der Waals surface area contributed by atoms with Gasteiger partial charge < -0.3 is 9.47 Å². The van der Waals surface area contributed by atoms with Gasteiger partial charge >= 0.3 is 5.97 Å². The topological polar surface area (TPSA) is 35.5 Å². The fourth-order valence-corrected chi connectivity index (χ4v) is 1.79. The average Bonchev–Trinajstić information content (AvgIpc) is 2.38. The average molecular weight is 176 g/mol. The summed E-state index contributed by atoms with van der Waals surface area (Å²) in [5.74, 6) is 0.609. The van der Waals surface area contributed by atoms with Crippen LogP contribution in [0.1, 0.15) is 13.8 Å². The van der Waals surface area contributed by atoms with Crippen LogP contribution in [0, 0.1) is 0 Å². The van der Waals surface area contributed by atoms with Gasteiger partial charge in [-0.15, -0.1) is 11.8 Å². The zero-order valence-electron chi connectivity index (χ0n) is 6.75. The number of ether oxygens (including phenoxy) is 2. The molecule has 4 heteroatoms. The van der Waals surface area contributed by atoms with Crippen molar-refractivity contribution in [2.45, 2.75) is 18.8 Å². The van der Waals surface area contributed by atoms with Crippen molar-refractivity contribution in [1.82, 2.24) is 0 Å². The predicted molar refractivity (Wildman–Crippen MR) is 43.4 cm³/mol. The van der Waals surface area contributed by atoms with E-state index in [1.165, 1.54) is 11.8 Å². The summed E-state index contributed by atoms with van der Waals surface area (Å²) in [6, 6.07) is 0. The molecule has 1 fully saturated rings. The molecule has 1 aliphatic rings. The molecule has 0 aromatic rings. The molecule has 0 saturated carbocycles. The molecule has 1 unspecified atom stereocenters. The van der Waals surface area contributed by atoms with Crippen molar-refractivity contribution in [2.75, 3.05) is 19.0 Å². The van der Waals surface area contributed by atoms with E-state index in [1.807, 2.05) is 0 Å². The molecule has 0 N–H and O–H groups in total. The number of rotatable bonds is 2. The van der Waals surface area contributed by atoms with Crippen molar-refractivity contribution in [3.63, 3.8) is 0 Å². The highest BCUT2D eigenvalue weighted by atomic mass is 32.2. The Hall–Kier alpha value is -0.220. The highest BCUT2D eigenvalue weighted by Gasteiger charge is 2.40. The summed E-state index contributed by atoms with van der Waals surface area (Å²) in [5, 5.41) is 0. The van der Waals surface area contributed by atoms with Crippen molar-refractivity contribution in [3.8, 4) is 0 Å². The van der Waals surface area contributed by atoms with E-state index in [-0.39, 0.29) is 5.97 Å². The van der Waals surface area contributed by atoms with Gasteiger partial charge in [-0.25, -0.2) is 4.79 Å². The minimum atomic E-state index is -0.740. The molecule has 0 bridgehead atoms. The summed E-state index contributed by atoms with van der Waals surface area (Å²) in [5.41, 5.74) is 0. The fraction of sp³-hybridized carbons (Fsp3) is 0.857. The van der Waals surface area contributed by atoms with Gasteiger partial charge in [0.05, 0.1) is 13.2 Å². The number of hydrogen-bond acceptors (Lipinski definition) is 4. The second kappa shape index (κ2) is 3.45. The number of esters is 1. The van der Waals surface area contributed by atoms with Crippen molar-refractivity contribution < 1.29 is 14.3 Å². The number of carbonyl (C=O) groups is 1. The van der Waals surface area contributed by atoms with E-state index < -0.39 is 4.93 Å². The standard InChI is InChI=1S/C7H12O3S/c1-3-9-6(8)7(2)10-4-5-11-7/h3-5H2,1-2H3. The first-order valence-corrected chi connectivity index (χ1v) is 4.63. The Morgan fingerprint density at radius 2 is 2.55 bits per heavy atom. The lowest BCUT2D eigenvalue weighted by Gasteiger charge is -2.18. The zero-order valence-corrected chi connectivity index (χ0v) is 7.57. The van der Waals surface area contributed by atoms with Crippen LogP contribution >= 0.6 is 11.8 Å². The van der Waals surface area contributed by atoms with Crippen LogP contribution in [0.4, 0.5) is 0 Å². The van der Waals surface area contributed by atoms with Crippen LogP contribution in [0.25, 0.3) is 0 Å². The van der Waals surface area contributed by atoms with Crippen LogP contribution in [-0.2, 0) is 14.3 Å². The summed E-state index contributed by atoms with van der Waals surface area (Å²) in [7, 11) is 0. The maximum absolute atomic E-state index is 11.2. The maximum atomic E-state index is 11.2. The molecule has 0 radical (unpaired) electrons. The Kier molecular flexibility index (Phi) is 2.78. The van der Waals surface area contributed by atoms with E-state index in [9.17, 15) is 4.79 Å². The van der Waals surface area contributed by atoms with E-state index in [1.54, 1.807) is 13.8 Å². The summed E-state index contributed by atoms with van der Waals surface area (Å²) < 4.78 is 10.1. The first-order valence-electron chi connectivity index (χ1n) is 3.64. The third kappa shape index (κ3) is 1.87. The van der Waals surface area contributed by atoms with Gasteiger partial charge in [-0.2, -0.15) is 0 Å². The van der Waals surface area contributed by atoms with Crippen LogP contribution in [0.2, 0.25) is 0 Å². The van der Waals surface area contributed by atoms with E-state index in [2.05, 4.69) is 0 Å². The quantitative estimate of drug-likeness (QED) is 0.589. The minimum Gasteiger partial charge on any atom is -0.463 e. The molecule has 0 aromatic carbocycles. The molecule has 0 aromatic heterocycles. The SMILES string of the molecule is CCOC(=O)C1(C)OCCS1. The second-order valence-corrected chi connectivity index (χ2v) is 3.84. The molecule has 0 aliphatic carbocycles. The van der Waals surface area contributed by atoms with Gasteiger partial charge in [0.2, 0.25) is 4.93 Å². The fourth-order valence-electron chi connectivity index (χ4n) is 0.895. The molecule has 1 saturated heterocycles. The molecular formula is C7H12O3S. The Labute approximate surface area is 70.4 Å². The Morgan fingerprint density at radius 1 is 1.82 bits per heavy atom. The summed E-state index contributed by atoms with van der Waals surface area (Å²) >= 11 is 1.50. The van der Waals surface area contributed by atoms with E-state index >= 15 is 0 Å². The lowest BCUT2D eigenvalue weighted by Crippen LogP contribution is -2.33. The molecule has 0 amide bonds.